The predicted molar refractivity (Wildman–Crippen MR) is 133 cm³/mol. The number of alkyl halides is 3. The normalized spacial score (nSPS) is 16.0. The zero-order valence-corrected chi connectivity index (χ0v) is 20.0. The molecule has 4 aromatic rings. The number of rotatable bonds is 4. The average molecular weight is 497 g/mol. The summed E-state index contributed by atoms with van der Waals surface area (Å²) in [5, 5.41) is 4.15. The number of carbonyl (C=O) groups is 1. The zero-order chi connectivity index (χ0) is 25.6. The van der Waals surface area contributed by atoms with Crippen molar-refractivity contribution in [3.8, 4) is 0 Å². The molecular formula is C26H27F3N6O. The molecular weight excluding hydrogens is 469 g/mol. The number of fused-ring (bicyclic) bond motifs is 3. The lowest BCUT2D eigenvalue weighted by atomic mass is 9.88. The topological polar surface area (TPSA) is 88.5 Å². The van der Waals surface area contributed by atoms with Crippen molar-refractivity contribution in [3.63, 3.8) is 0 Å². The van der Waals surface area contributed by atoms with Crippen molar-refractivity contribution in [2.75, 3.05) is 24.1 Å². The predicted octanol–water partition coefficient (Wildman–Crippen LogP) is 5.38. The monoisotopic (exact) mass is 496 g/mol. The maximum atomic E-state index is 13.4. The molecule has 3 N–H and O–H groups in total. The first-order valence-electron chi connectivity index (χ1n) is 11.9. The van der Waals surface area contributed by atoms with Crippen molar-refractivity contribution in [2.24, 2.45) is 0 Å². The number of nitrogens with zero attached hydrogens (tertiary/aromatic N) is 4. The van der Waals surface area contributed by atoms with Crippen LogP contribution in [0.25, 0.3) is 16.7 Å². The van der Waals surface area contributed by atoms with Crippen LogP contribution in [0.2, 0.25) is 0 Å². The van der Waals surface area contributed by atoms with Crippen molar-refractivity contribution in [2.45, 2.75) is 44.8 Å². The van der Waals surface area contributed by atoms with E-state index in [1.807, 2.05) is 21.6 Å². The van der Waals surface area contributed by atoms with E-state index in [1.54, 1.807) is 20.0 Å². The van der Waals surface area contributed by atoms with Crippen molar-refractivity contribution in [3.05, 3.63) is 65.5 Å². The summed E-state index contributed by atoms with van der Waals surface area (Å²) in [5.74, 6) is 1.42. The number of hydrogen-bond donors (Lipinski definition) is 2. The van der Waals surface area contributed by atoms with Gasteiger partial charge >= 0.3 is 6.18 Å². The van der Waals surface area contributed by atoms with Gasteiger partial charge in [-0.25, -0.2) is 4.98 Å². The maximum absolute atomic E-state index is 13.4. The molecule has 0 radical (unpaired) electrons. The van der Waals surface area contributed by atoms with E-state index >= 15 is 0 Å². The number of amides is 1. The van der Waals surface area contributed by atoms with Crippen molar-refractivity contribution in [1.82, 2.24) is 19.3 Å². The fraction of sp³-hybridized carbons (Fsp3) is 0.346. The molecule has 7 nitrogen and oxygen atoms in total. The van der Waals surface area contributed by atoms with E-state index in [0.717, 1.165) is 54.5 Å². The molecule has 10 heteroatoms. The molecule has 1 saturated heterocycles. The second-order valence-corrected chi connectivity index (χ2v) is 9.37. The molecule has 0 saturated carbocycles. The lowest BCUT2D eigenvalue weighted by molar-refractivity contribution is -0.137. The number of likely N-dealkylation sites (tertiary alicyclic amines) is 1. The van der Waals surface area contributed by atoms with Gasteiger partial charge in [0.15, 0.2) is 0 Å². The highest BCUT2D eigenvalue weighted by Gasteiger charge is 2.31. The van der Waals surface area contributed by atoms with E-state index in [-0.39, 0.29) is 11.6 Å². The Morgan fingerprint density at radius 3 is 2.61 bits per heavy atom. The van der Waals surface area contributed by atoms with Gasteiger partial charge in [0, 0.05) is 43.5 Å². The number of nitrogen functional groups attached to an aromatic ring is 1. The lowest BCUT2D eigenvalue weighted by Gasteiger charge is -2.31. The summed E-state index contributed by atoms with van der Waals surface area (Å²) in [6, 6.07) is 9.29. The molecule has 0 spiro atoms. The zero-order valence-electron chi connectivity index (χ0n) is 20.0. The fourth-order valence-corrected chi connectivity index (χ4v) is 4.95. The van der Waals surface area contributed by atoms with Crippen LogP contribution in [0.4, 0.5) is 24.7 Å². The van der Waals surface area contributed by atoms with Gasteiger partial charge in [-0.3, -0.25) is 9.20 Å². The van der Waals surface area contributed by atoms with Crippen LogP contribution in [0.5, 0.6) is 0 Å². The number of aromatic nitrogens is 3. The Morgan fingerprint density at radius 1 is 1.17 bits per heavy atom. The van der Waals surface area contributed by atoms with Gasteiger partial charge in [-0.2, -0.15) is 18.2 Å². The molecule has 1 aliphatic rings. The van der Waals surface area contributed by atoms with Crippen LogP contribution in [0, 0.1) is 0 Å². The third kappa shape index (κ3) is 4.55. The molecule has 1 aliphatic heterocycles. The molecule has 188 valence electrons. The smallest absolute Gasteiger partial charge is 0.399 e. The Kier molecular flexibility index (Phi) is 5.97. The van der Waals surface area contributed by atoms with Gasteiger partial charge in [0.1, 0.15) is 5.82 Å². The van der Waals surface area contributed by atoms with Gasteiger partial charge < -0.3 is 16.0 Å². The van der Waals surface area contributed by atoms with Crippen LogP contribution in [-0.4, -0.2) is 38.3 Å². The third-order valence-corrected chi connectivity index (χ3v) is 6.94. The first kappa shape index (κ1) is 23.9. The number of hydrogen-bond acceptors (Lipinski definition) is 5. The Hall–Kier alpha value is -3.82. The van der Waals surface area contributed by atoms with E-state index in [4.69, 9.17) is 5.73 Å². The van der Waals surface area contributed by atoms with Crippen LogP contribution in [-0.2, 0) is 11.0 Å². The quantitative estimate of drug-likeness (QED) is 0.370. The van der Waals surface area contributed by atoms with Crippen LogP contribution in [0.3, 0.4) is 0 Å². The summed E-state index contributed by atoms with van der Waals surface area (Å²) in [6.07, 6.45) is 0.740. The molecule has 0 aliphatic carbocycles. The molecule has 5 rings (SSSR count). The van der Waals surface area contributed by atoms with Gasteiger partial charge in [-0.1, -0.05) is 6.07 Å². The van der Waals surface area contributed by atoms with Crippen LogP contribution in [0.1, 0.15) is 55.3 Å². The number of nitrogens with one attached hydrogen (secondary N) is 1. The molecule has 0 bridgehead atoms. The maximum Gasteiger partial charge on any atom is 0.416 e. The molecule has 1 atom stereocenters. The van der Waals surface area contributed by atoms with Crippen molar-refractivity contribution in [1.29, 1.82) is 0 Å². The average Bonchev–Trinajstić information content (AvgIpc) is 3.31. The van der Waals surface area contributed by atoms with Gasteiger partial charge in [-0.15, -0.1) is 0 Å². The fourth-order valence-electron chi connectivity index (χ4n) is 4.95. The highest BCUT2D eigenvalue weighted by Crippen LogP contribution is 2.35. The van der Waals surface area contributed by atoms with E-state index < -0.39 is 17.8 Å². The second-order valence-electron chi connectivity index (χ2n) is 9.37. The Labute approximate surface area is 206 Å². The molecule has 3 heterocycles. The molecule has 1 amide bonds. The SMILES string of the molecule is CC(=O)N1CCC(c2ccc3c(c2)c(N[C@H](C)c2cc(N)cc(C(F)(F)F)c2)nc2nccn23)CC1. The number of anilines is 2. The summed E-state index contributed by atoms with van der Waals surface area (Å²) in [4.78, 5) is 22.6. The highest BCUT2D eigenvalue weighted by molar-refractivity contribution is 5.92. The van der Waals surface area contributed by atoms with Crippen LogP contribution >= 0.6 is 0 Å². The number of halogens is 3. The van der Waals surface area contributed by atoms with Crippen molar-refractivity contribution >= 4 is 34.1 Å². The largest absolute Gasteiger partial charge is 0.416 e. The number of nitrogens with two attached hydrogens (primary N) is 1. The highest BCUT2D eigenvalue weighted by atomic mass is 19.4. The minimum atomic E-state index is -4.49. The molecule has 36 heavy (non-hydrogen) atoms. The summed E-state index contributed by atoms with van der Waals surface area (Å²) >= 11 is 0. The van der Waals surface area contributed by atoms with Gasteiger partial charge in [-0.05, 0) is 67.1 Å². The standard InChI is InChI=1S/C26H27F3N6O/c1-15(19-11-20(26(27,28)29)14-21(30)12-19)32-24-22-13-18(17-5-8-34(9-6-17)16(2)36)3-4-23(22)35-10-7-31-25(35)33-24/h3-4,7,10-15,17H,5-6,8-9,30H2,1-2H3,(H,31,32,33)/t15-/m1/s1. The third-order valence-electron chi connectivity index (χ3n) is 6.94. The molecule has 0 unspecified atom stereocenters. The number of carbonyl (C=O) groups excluding carboxylic acids is 1. The minimum absolute atomic E-state index is 0.0502. The Bertz CT molecular complexity index is 1440. The molecule has 2 aromatic carbocycles. The van der Waals surface area contributed by atoms with Crippen LogP contribution in [0.15, 0.2) is 48.8 Å². The Balaban J connectivity index is 1.52. The summed E-state index contributed by atoms with van der Waals surface area (Å²) in [6.45, 7) is 4.81. The second kappa shape index (κ2) is 9.00. The van der Waals surface area contributed by atoms with Gasteiger partial charge in [0.05, 0.1) is 17.1 Å². The summed E-state index contributed by atoms with van der Waals surface area (Å²) in [7, 11) is 0. The van der Waals surface area contributed by atoms with E-state index in [2.05, 4.69) is 27.4 Å². The van der Waals surface area contributed by atoms with Gasteiger partial charge in [0.2, 0.25) is 11.7 Å². The van der Waals surface area contributed by atoms with E-state index in [9.17, 15) is 18.0 Å². The summed E-state index contributed by atoms with van der Waals surface area (Å²) < 4.78 is 41.9. The van der Waals surface area contributed by atoms with Gasteiger partial charge in [0.25, 0.3) is 0 Å². The lowest BCUT2D eigenvalue weighted by Crippen LogP contribution is -2.36. The number of imidazole rings is 1. The molecule has 2 aromatic heterocycles. The summed E-state index contributed by atoms with van der Waals surface area (Å²) in [5.41, 5.74) is 7.50. The first-order chi connectivity index (χ1) is 17.1. The number of benzene rings is 2. The minimum Gasteiger partial charge on any atom is -0.399 e. The number of piperidine rings is 1. The Morgan fingerprint density at radius 2 is 1.92 bits per heavy atom. The van der Waals surface area contributed by atoms with Crippen molar-refractivity contribution < 1.29 is 18.0 Å². The molecule has 1 fully saturated rings. The van der Waals surface area contributed by atoms with Crippen LogP contribution < -0.4 is 11.1 Å². The van der Waals surface area contributed by atoms with E-state index in [0.29, 0.717) is 23.1 Å². The first-order valence-corrected chi connectivity index (χ1v) is 11.9. The van der Waals surface area contributed by atoms with E-state index in [1.165, 1.54) is 6.07 Å².